The van der Waals surface area contributed by atoms with Gasteiger partial charge in [-0.15, -0.1) is 0 Å². The number of hydrogen-bond acceptors (Lipinski definition) is 4. The molecule has 1 amide bonds. The number of hydrogen-bond donors (Lipinski definition) is 1. The van der Waals surface area contributed by atoms with E-state index in [1.165, 1.54) is 29.2 Å². The van der Waals surface area contributed by atoms with Crippen LogP contribution >= 0.6 is 11.6 Å². The minimum Gasteiger partial charge on any atom is -0.507 e. The van der Waals surface area contributed by atoms with Gasteiger partial charge in [0, 0.05) is 17.1 Å². The summed E-state index contributed by atoms with van der Waals surface area (Å²) in [6, 6.07) is 11.0. The highest BCUT2D eigenvalue weighted by Gasteiger charge is 2.45. The first-order valence-electron chi connectivity index (χ1n) is 9.21. The molecule has 0 spiro atoms. The molecule has 2 aromatic rings. The van der Waals surface area contributed by atoms with Crippen LogP contribution in [0.5, 0.6) is 0 Å². The number of nitrogens with zero attached hydrogens (tertiary/aromatic N) is 1. The van der Waals surface area contributed by atoms with E-state index < -0.39 is 23.5 Å². The molecule has 1 atom stereocenters. The lowest BCUT2D eigenvalue weighted by atomic mass is 9.95. The van der Waals surface area contributed by atoms with Crippen molar-refractivity contribution in [2.75, 3.05) is 13.2 Å². The molecule has 3 rings (SSSR count). The molecule has 0 bridgehead atoms. The predicted octanol–water partition coefficient (Wildman–Crippen LogP) is 4.33. The molecule has 1 fully saturated rings. The number of likely N-dealkylation sites (tertiary alicyclic amines) is 1. The Morgan fingerprint density at radius 3 is 2.34 bits per heavy atom. The smallest absolute Gasteiger partial charge is 0.295 e. The van der Waals surface area contributed by atoms with Gasteiger partial charge in [-0.1, -0.05) is 23.7 Å². The summed E-state index contributed by atoms with van der Waals surface area (Å²) in [5.41, 5.74) is 0.831. The molecule has 0 aromatic heterocycles. The number of benzene rings is 2. The lowest BCUT2D eigenvalue weighted by Gasteiger charge is -2.25. The highest BCUT2D eigenvalue weighted by Crippen LogP contribution is 2.39. The van der Waals surface area contributed by atoms with Crippen molar-refractivity contribution in [1.82, 2.24) is 4.90 Å². The fourth-order valence-electron chi connectivity index (χ4n) is 3.25. The fraction of sp³-hybridized carbons (Fsp3) is 0.273. The zero-order valence-electron chi connectivity index (χ0n) is 16.1. The number of carbonyl (C=O) groups excluding carboxylic acids is 2. The first-order chi connectivity index (χ1) is 13.8. The average Bonchev–Trinajstić information content (AvgIpc) is 2.93. The maximum absolute atomic E-state index is 13.3. The molecule has 7 heteroatoms. The molecule has 0 radical (unpaired) electrons. The van der Waals surface area contributed by atoms with E-state index >= 15 is 0 Å². The second kappa shape index (κ2) is 8.76. The van der Waals surface area contributed by atoms with Crippen LogP contribution in [0.25, 0.3) is 5.76 Å². The van der Waals surface area contributed by atoms with E-state index in [1.807, 2.05) is 13.8 Å². The summed E-state index contributed by atoms with van der Waals surface area (Å²) in [4.78, 5) is 26.9. The Bertz CT molecular complexity index is 938. The number of carbonyl (C=O) groups is 2. The number of Topliss-reactive ketones (excluding diaryl/α,β-unsaturated/α-hetero) is 1. The molecule has 1 aliphatic heterocycles. The summed E-state index contributed by atoms with van der Waals surface area (Å²) in [7, 11) is 0. The standard InChI is InChI=1S/C22H21ClFNO4/c1-13(2)29-12-11-25-19(14-3-7-16(23)8-4-14)18(21(27)22(25)28)20(26)15-5-9-17(24)10-6-15/h3-10,13,19,26H,11-12H2,1-2H3/b20-18-. The summed E-state index contributed by atoms with van der Waals surface area (Å²) in [5.74, 6) is -2.34. The van der Waals surface area contributed by atoms with Gasteiger partial charge in [0.25, 0.3) is 11.7 Å². The molecule has 29 heavy (non-hydrogen) atoms. The Balaban J connectivity index is 2.07. The summed E-state index contributed by atoms with van der Waals surface area (Å²) in [5, 5.41) is 11.3. The Morgan fingerprint density at radius 2 is 1.76 bits per heavy atom. The molecule has 1 heterocycles. The van der Waals surface area contributed by atoms with Crippen molar-refractivity contribution in [2.24, 2.45) is 0 Å². The molecule has 2 aromatic carbocycles. The molecule has 1 aliphatic rings. The Labute approximate surface area is 173 Å². The van der Waals surface area contributed by atoms with Gasteiger partial charge >= 0.3 is 0 Å². The van der Waals surface area contributed by atoms with E-state index in [4.69, 9.17) is 16.3 Å². The van der Waals surface area contributed by atoms with Crippen LogP contribution in [0, 0.1) is 5.82 Å². The highest BCUT2D eigenvalue weighted by atomic mass is 35.5. The van der Waals surface area contributed by atoms with Gasteiger partial charge in [-0.2, -0.15) is 0 Å². The van der Waals surface area contributed by atoms with Crippen LogP contribution < -0.4 is 0 Å². The maximum Gasteiger partial charge on any atom is 0.295 e. The van der Waals surface area contributed by atoms with Crippen molar-refractivity contribution < 1.29 is 23.8 Å². The van der Waals surface area contributed by atoms with Crippen molar-refractivity contribution in [3.05, 3.63) is 76.1 Å². The zero-order chi connectivity index (χ0) is 21.1. The Morgan fingerprint density at radius 1 is 1.14 bits per heavy atom. The molecule has 152 valence electrons. The van der Waals surface area contributed by atoms with E-state index in [0.29, 0.717) is 10.6 Å². The third kappa shape index (κ3) is 4.49. The van der Waals surface area contributed by atoms with Crippen LogP contribution in [-0.2, 0) is 14.3 Å². The van der Waals surface area contributed by atoms with Crippen molar-refractivity contribution in [3.63, 3.8) is 0 Å². The second-order valence-corrected chi connectivity index (χ2v) is 7.41. The van der Waals surface area contributed by atoms with Gasteiger partial charge in [-0.05, 0) is 55.8 Å². The number of amides is 1. The van der Waals surface area contributed by atoms with Gasteiger partial charge in [-0.25, -0.2) is 4.39 Å². The van der Waals surface area contributed by atoms with Gasteiger partial charge in [-0.3, -0.25) is 9.59 Å². The van der Waals surface area contributed by atoms with Crippen LogP contribution in [-0.4, -0.2) is 41.0 Å². The number of aliphatic hydroxyl groups excluding tert-OH is 1. The van der Waals surface area contributed by atoms with Crippen LogP contribution in [0.15, 0.2) is 54.1 Å². The maximum atomic E-state index is 13.3. The van der Waals surface area contributed by atoms with Gasteiger partial charge in [0.2, 0.25) is 0 Å². The summed E-state index contributed by atoms with van der Waals surface area (Å²) >= 11 is 5.98. The minimum absolute atomic E-state index is 0.0278. The minimum atomic E-state index is -0.798. The average molecular weight is 418 g/mol. The number of ether oxygens (including phenoxy) is 1. The lowest BCUT2D eigenvalue weighted by Crippen LogP contribution is -2.33. The van der Waals surface area contributed by atoms with E-state index in [9.17, 15) is 19.1 Å². The largest absolute Gasteiger partial charge is 0.507 e. The van der Waals surface area contributed by atoms with Gasteiger partial charge in [0.05, 0.1) is 24.3 Å². The number of aliphatic hydroxyl groups is 1. The fourth-order valence-corrected chi connectivity index (χ4v) is 3.38. The van der Waals surface area contributed by atoms with E-state index in [2.05, 4.69) is 0 Å². The third-order valence-electron chi connectivity index (χ3n) is 4.63. The third-order valence-corrected chi connectivity index (χ3v) is 4.88. The van der Waals surface area contributed by atoms with Crippen LogP contribution in [0.3, 0.4) is 0 Å². The van der Waals surface area contributed by atoms with E-state index in [-0.39, 0.29) is 36.2 Å². The summed E-state index contributed by atoms with van der Waals surface area (Å²) in [6.07, 6.45) is -0.0278. The van der Waals surface area contributed by atoms with Gasteiger partial charge < -0.3 is 14.7 Å². The predicted molar refractivity (Wildman–Crippen MR) is 108 cm³/mol. The molecular weight excluding hydrogens is 397 g/mol. The number of ketones is 1. The lowest BCUT2D eigenvalue weighted by molar-refractivity contribution is -0.140. The zero-order valence-corrected chi connectivity index (χ0v) is 16.8. The summed E-state index contributed by atoms with van der Waals surface area (Å²) < 4.78 is 18.8. The van der Waals surface area contributed by atoms with Crippen molar-refractivity contribution in [3.8, 4) is 0 Å². The highest BCUT2D eigenvalue weighted by molar-refractivity contribution is 6.46. The molecule has 0 saturated carbocycles. The SMILES string of the molecule is CC(C)OCCN1C(=O)C(=O)/C(=C(\O)c2ccc(F)cc2)C1c1ccc(Cl)cc1. The number of rotatable bonds is 6. The molecule has 0 aliphatic carbocycles. The monoisotopic (exact) mass is 417 g/mol. The van der Waals surface area contributed by atoms with Crippen LogP contribution in [0.2, 0.25) is 5.02 Å². The molecule has 5 nitrogen and oxygen atoms in total. The Hall–Kier alpha value is -2.70. The van der Waals surface area contributed by atoms with Gasteiger partial charge in [0.15, 0.2) is 0 Å². The first kappa shape index (κ1) is 21.0. The Kier molecular flexibility index (Phi) is 6.35. The van der Waals surface area contributed by atoms with Crippen molar-refractivity contribution >= 4 is 29.1 Å². The van der Waals surface area contributed by atoms with E-state index in [1.54, 1.807) is 24.3 Å². The van der Waals surface area contributed by atoms with Crippen LogP contribution in [0.4, 0.5) is 4.39 Å². The van der Waals surface area contributed by atoms with Crippen molar-refractivity contribution in [2.45, 2.75) is 26.0 Å². The first-order valence-corrected chi connectivity index (χ1v) is 9.58. The molecule has 1 N–H and O–H groups in total. The van der Waals surface area contributed by atoms with Crippen molar-refractivity contribution in [1.29, 1.82) is 0 Å². The molecular formula is C22H21ClFNO4. The van der Waals surface area contributed by atoms with Gasteiger partial charge in [0.1, 0.15) is 11.6 Å². The summed E-state index contributed by atoms with van der Waals surface area (Å²) in [6.45, 7) is 4.17. The van der Waals surface area contributed by atoms with Crippen LogP contribution in [0.1, 0.15) is 31.0 Å². The quantitative estimate of drug-likeness (QED) is 0.431. The van der Waals surface area contributed by atoms with E-state index in [0.717, 1.165) is 0 Å². The normalized spacial score (nSPS) is 18.7. The topological polar surface area (TPSA) is 66.8 Å². The number of halogens is 2. The second-order valence-electron chi connectivity index (χ2n) is 6.97. The molecule has 1 unspecified atom stereocenters. The molecule has 1 saturated heterocycles.